The fraction of sp³-hybridized carbons (Fsp3) is 0.200. The standard InChI is InChI=1S/C30H28N4O3/c1-2-7-27(35)33-21-8-6-17-34(19-21)26-16-15-24(30(31)36)29-28(26)25(18-32-29)20-11-13-23(14-12-20)37-22-9-4-3-5-10-22/h3-5,9-16,18,21,32H,6,8,17,19H2,1H3,(H2,31,36)(H,33,35)/t21-/m1/s1. The molecule has 2 heterocycles. The fourth-order valence-electron chi connectivity index (χ4n) is 4.90. The van der Waals surface area contributed by atoms with Crippen LogP contribution in [0, 0.1) is 11.8 Å². The van der Waals surface area contributed by atoms with Crippen molar-refractivity contribution in [1.29, 1.82) is 0 Å². The van der Waals surface area contributed by atoms with Crippen LogP contribution in [0.25, 0.3) is 22.0 Å². The second-order valence-corrected chi connectivity index (χ2v) is 9.02. The largest absolute Gasteiger partial charge is 0.457 e. The normalized spacial score (nSPS) is 15.1. The lowest BCUT2D eigenvalue weighted by atomic mass is 9.98. The molecule has 2 amide bonds. The second-order valence-electron chi connectivity index (χ2n) is 9.02. The van der Waals surface area contributed by atoms with Gasteiger partial charge in [-0.15, -0.1) is 0 Å². The van der Waals surface area contributed by atoms with Gasteiger partial charge in [0.05, 0.1) is 11.1 Å². The topological polar surface area (TPSA) is 100 Å². The molecule has 1 aliphatic rings. The van der Waals surface area contributed by atoms with Gasteiger partial charge in [-0.1, -0.05) is 36.3 Å². The molecule has 4 aromatic rings. The number of hydrogen-bond acceptors (Lipinski definition) is 4. The molecule has 1 aliphatic heterocycles. The minimum atomic E-state index is -0.488. The number of para-hydroxylation sites is 1. The number of carbonyl (C=O) groups is 2. The van der Waals surface area contributed by atoms with Crippen molar-refractivity contribution in [1.82, 2.24) is 10.3 Å². The van der Waals surface area contributed by atoms with Crippen molar-refractivity contribution in [2.75, 3.05) is 18.0 Å². The van der Waals surface area contributed by atoms with E-state index < -0.39 is 5.91 Å². The highest BCUT2D eigenvalue weighted by atomic mass is 16.5. The maximum absolute atomic E-state index is 12.2. The lowest BCUT2D eigenvalue weighted by Crippen LogP contribution is -2.47. The molecule has 3 aromatic carbocycles. The smallest absolute Gasteiger partial charge is 0.296 e. The number of aromatic amines is 1. The fourth-order valence-corrected chi connectivity index (χ4v) is 4.90. The average Bonchev–Trinajstić information content (AvgIpc) is 3.34. The Morgan fingerprint density at radius 3 is 2.54 bits per heavy atom. The highest BCUT2D eigenvalue weighted by Gasteiger charge is 2.25. The number of ether oxygens (including phenoxy) is 1. The maximum Gasteiger partial charge on any atom is 0.296 e. The van der Waals surface area contributed by atoms with Gasteiger partial charge in [-0.3, -0.25) is 9.59 Å². The summed E-state index contributed by atoms with van der Waals surface area (Å²) in [5.41, 5.74) is 9.77. The van der Waals surface area contributed by atoms with E-state index in [-0.39, 0.29) is 11.9 Å². The Labute approximate surface area is 215 Å². The third kappa shape index (κ3) is 5.14. The van der Waals surface area contributed by atoms with Gasteiger partial charge in [-0.25, -0.2) is 0 Å². The van der Waals surface area contributed by atoms with Crippen LogP contribution in [0.1, 0.15) is 30.1 Å². The van der Waals surface area contributed by atoms with Crippen molar-refractivity contribution in [2.24, 2.45) is 5.73 Å². The number of H-pyrrole nitrogens is 1. The minimum Gasteiger partial charge on any atom is -0.457 e. The molecule has 7 nitrogen and oxygen atoms in total. The number of piperidine rings is 1. The molecule has 1 saturated heterocycles. The zero-order chi connectivity index (χ0) is 25.8. The number of benzene rings is 3. The molecule has 0 aliphatic carbocycles. The van der Waals surface area contributed by atoms with E-state index >= 15 is 0 Å². The maximum atomic E-state index is 12.2. The number of carbonyl (C=O) groups excluding carboxylic acids is 2. The SMILES string of the molecule is CC#CC(=O)N[C@@H]1CCCN(c2ccc(C(N)=O)c3[nH]cc(-c4ccc(Oc5ccccc5)cc4)c23)C1. The number of rotatable bonds is 6. The molecule has 0 radical (unpaired) electrons. The van der Waals surface area contributed by atoms with E-state index in [1.165, 1.54) is 0 Å². The van der Waals surface area contributed by atoms with Crippen molar-refractivity contribution in [3.63, 3.8) is 0 Å². The van der Waals surface area contributed by atoms with Crippen LogP contribution >= 0.6 is 0 Å². The summed E-state index contributed by atoms with van der Waals surface area (Å²) in [6.07, 6.45) is 3.72. The molecular weight excluding hydrogens is 464 g/mol. The molecule has 5 rings (SSSR count). The molecule has 0 saturated carbocycles. The van der Waals surface area contributed by atoms with E-state index in [2.05, 4.69) is 27.0 Å². The van der Waals surface area contributed by atoms with Gasteiger partial charge in [-0.2, -0.15) is 0 Å². The summed E-state index contributed by atoms with van der Waals surface area (Å²) in [5, 5.41) is 3.94. The van der Waals surface area contributed by atoms with Crippen molar-refractivity contribution < 1.29 is 14.3 Å². The van der Waals surface area contributed by atoms with Gasteiger partial charge in [0.25, 0.3) is 11.8 Å². The Hall–Kier alpha value is -4.70. The van der Waals surface area contributed by atoms with Gasteiger partial charge in [0.2, 0.25) is 0 Å². The van der Waals surface area contributed by atoms with Crippen LogP contribution in [-0.2, 0) is 4.79 Å². The highest BCUT2D eigenvalue weighted by Crippen LogP contribution is 2.39. The molecule has 1 aromatic heterocycles. The number of nitrogens with two attached hydrogens (primary N) is 1. The number of hydrogen-bond donors (Lipinski definition) is 3. The number of anilines is 1. The first-order chi connectivity index (χ1) is 18.0. The molecule has 7 heteroatoms. The Kier molecular flexibility index (Phi) is 6.82. The summed E-state index contributed by atoms with van der Waals surface area (Å²) in [6, 6.07) is 21.2. The Bertz CT molecular complexity index is 1500. The molecule has 186 valence electrons. The molecular formula is C30H28N4O3. The van der Waals surface area contributed by atoms with Gasteiger partial charge in [0, 0.05) is 42.0 Å². The van der Waals surface area contributed by atoms with E-state index in [0.717, 1.165) is 53.1 Å². The summed E-state index contributed by atoms with van der Waals surface area (Å²) in [4.78, 5) is 29.8. The third-order valence-corrected chi connectivity index (χ3v) is 6.56. The molecule has 1 fully saturated rings. The predicted octanol–water partition coefficient (Wildman–Crippen LogP) is 4.83. The van der Waals surface area contributed by atoms with Crippen LogP contribution in [0.15, 0.2) is 72.9 Å². The van der Waals surface area contributed by atoms with Crippen LogP contribution in [0.2, 0.25) is 0 Å². The van der Waals surface area contributed by atoms with Crippen molar-refractivity contribution in [3.8, 4) is 34.5 Å². The van der Waals surface area contributed by atoms with E-state index in [1.807, 2.05) is 66.9 Å². The summed E-state index contributed by atoms with van der Waals surface area (Å²) in [6.45, 7) is 3.14. The number of amides is 2. The molecule has 0 bridgehead atoms. The van der Waals surface area contributed by atoms with E-state index in [1.54, 1.807) is 13.0 Å². The number of fused-ring (bicyclic) bond motifs is 1. The van der Waals surface area contributed by atoms with Gasteiger partial charge < -0.3 is 25.7 Å². The van der Waals surface area contributed by atoms with Gasteiger partial charge in [-0.05, 0) is 67.6 Å². The van der Waals surface area contributed by atoms with Crippen LogP contribution in [0.3, 0.4) is 0 Å². The number of primary amides is 1. The first-order valence-corrected chi connectivity index (χ1v) is 12.3. The van der Waals surface area contributed by atoms with Crippen LogP contribution < -0.4 is 20.7 Å². The second kappa shape index (κ2) is 10.5. The molecule has 0 spiro atoms. The first-order valence-electron chi connectivity index (χ1n) is 12.3. The van der Waals surface area contributed by atoms with Crippen molar-refractivity contribution in [3.05, 3.63) is 78.5 Å². The predicted molar refractivity (Wildman–Crippen MR) is 146 cm³/mol. The van der Waals surface area contributed by atoms with Gasteiger partial charge in [0.15, 0.2) is 0 Å². The Morgan fingerprint density at radius 2 is 1.81 bits per heavy atom. The van der Waals surface area contributed by atoms with Crippen LogP contribution in [0.5, 0.6) is 11.5 Å². The first kappa shape index (κ1) is 24.0. The van der Waals surface area contributed by atoms with E-state index in [0.29, 0.717) is 17.6 Å². The molecule has 4 N–H and O–H groups in total. The lowest BCUT2D eigenvalue weighted by molar-refractivity contribution is -0.116. The summed E-state index contributed by atoms with van der Waals surface area (Å²) in [7, 11) is 0. The van der Waals surface area contributed by atoms with Crippen LogP contribution in [0.4, 0.5) is 5.69 Å². The zero-order valence-electron chi connectivity index (χ0n) is 20.6. The number of nitrogens with zero attached hydrogens (tertiary/aromatic N) is 1. The number of nitrogens with one attached hydrogen (secondary N) is 2. The van der Waals surface area contributed by atoms with Crippen molar-refractivity contribution >= 4 is 28.4 Å². The number of aromatic nitrogens is 1. The van der Waals surface area contributed by atoms with Crippen LogP contribution in [-0.4, -0.2) is 35.9 Å². The minimum absolute atomic E-state index is 0.00947. The van der Waals surface area contributed by atoms with Gasteiger partial charge >= 0.3 is 0 Å². The summed E-state index contributed by atoms with van der Waals surface area (Å²) < 4.78 is 5.95. The Balaban J connectivity index is 1.50. The van der Waals surface area contributed by atoms with Crippen molar-refractivity contribution in [2.45, 2.75) is 25.8 Å². The monoisotopic (exact) mass is 492 g/mol. The molecule has 0 unspecified atom stereocenters. The van der Waals surface area contributed by atoms with E-state index in [4.69, 9.17) is 10.5 Å². The van der Waals surface area contributed by atoms with Gasteiger partial charge in [0.1, 0.15) is 11.5 Å². The third-order valence-electron chi connectivity index (χ3n) is 6.56. The lowest BCUT2D eigenvalue weighted by Gasteiger charge is -2.35. The summed E-state index contributed by atoms with van der Waals surface area (Å²) >= 11 is 0. The molecule has 37 heavy (non-hydrogen) atoms. The molecule has 1 atom stereocenters. The van der Waals surface area contributed by atoms with E-state index in [9.17, 15) is 9.59 Å². The Morgan fingerprint density at radius 1 is 1.05 bits per heavy atom. The quantitative estimate of drug-likeness (QED) is 0.336. The average molecular weight is 493 g/mol. The summed E-state index contributed by atoms with van der Waals surface area (Å²) in [5.74, 6) is 5.96. The zero-order valence-corrected chi connectivity index (χ0v) is 20.6. The highest BCUT2D eigenvalue weighted by molar-refractivity contribution is 6.13.